The molecule has 0 rings (SSSR count). The zero-order valence-corrected chi connectivity index (χ0v) is 17.2. The molecule has 5 N–H and O–H groups in total. The Bertz CT molecular complexity index is 437. The van der Waals surface area contributed by atoms with Crippen LogP contribution in [0.25, 0.3) is 0 Å². The first-order chi connectivity index (χ1) is 10.4. The minimum atomic E-state index is -1.70. The third kappa shape index (κ3) is 7.61. The van der Waals surface area contributed by atoms with E-state index in [-0.39, 0.29) is 35.3 Å². The van der Waals surface area contributed by atoms with E-state index in [2.05, 4.69) is 10.6 Å². The van der Waals surface area contributed by atoms with Gasteiger partial charge in [0.2, 0.25) is 11.8 Å². The fraction of sp³-hybridized carbons (Fsp3) is 0.800. The van der Waals surface area contributed by atoms with Crippen molar-refractivity contribution in [1.29, 1.82) is 0 Å². The van der Waals surface area contributed by atoms with Crippen LogP contribution in [-0.4, -0.2) is 64.3 Å². The van der Waals surface area contributed by atoms with Gasteiger partial charge in [-0.15, -0.1) is 0 Å². The predicted molar refractivity (Wildman–Crippen MR) is 92.9 cm³/mol. The van der Waals surface area contributed by atoms with Gasteiger partial charge in [-0.25, -0.2) is 5.48 Å². The fourth-order valence-electron chi connectivity index (χ4n) is 2.21. The van der Waals surface area contributed by atoms with Crippen LogP contribution >= 0.6 is 0 Å². The summed E-state index contributed by atoms with van der Waals surface area (Å²) in [6.45, 7) is 9.05. The molecule has 0 bridgehead atoms. The van der Waals surface area contributed by atoms with Gasteiger partial charge in [0, 0.05) is 7.05 Å². The van der Waals surface area contributed by atoms with Crippen LogP contribution in [0.1, 0.15) is 41.0 Å². The number of hydrogen-bond donors (Lipinski definition) is 5. The number of amides is 3. The normalized spacial score (nSPS) is 14.9. The number of nitrogens with one attached hydrogen (secondary N) is 3. The van der Waals surface area contributed by atoms with Gasteiger partial charge in [-0.2, -0.15) is 0 Å². The molecule has 0 aromatic carbocycles. The van der Waals surface area contributed by atoms with Crippen molar-refractivity contribution in [2.45, 2.75) is 53.2 Å². The molecule has 9 heteroatoms. The zero-order valence-electron chi connectivity index (χ0n) is 15.1. The Kier molecular flexibility index (Phi) is 11.1. The van der Waals surface area contributed by atoms with E-state index in [1.807, 2.05) is 13.8 Å². The van der Waals surface area contributed by atoms with E-state index in [1.165, 1.54) is 12.5 Å². The third-order valence-electron chi connectivity index (χ3n) is 3.48. The molecule has 0 fully saturated rings. The van der Waals surface area contributed by atoms with Crippen molar-refractivity contribution < 1.29 is 24.7 Å². The van der Waals surface area contributed by atoms with E-state index >= 15 is 0 Å². The van der Waals surface area contributed by atoms with Crippen LogP contribution in [0, 0.1) is 17.3 Å². The standard InChI is InChI=1S/C15H29N3O5.H2Se/c1-8(2)7-9(10(19)13(21)18-23)12(20)17-11(14(22)16-6)15(3,4)5;/h8-11,19,23H,7H2,1-6H3,(H,16,22)(H,17,20)(H,18,21);1H2/t9-,10+,11-;/m1./s1. The summed E-state index contributed by atoms with van der Waals surface area (Å²) in [5.74, 6) is -3.08. The molecule has 0 aromatic rings. The van der Waals surface area contributed by atoms with Crippen LogP contribution in [0.3, 0.4) is 0 Å². The molecule has 0 spiro atoms. The van der Waals surface area contributed by atoms with E-state index in [1.54, 1.807) is 20.8 Å². The van der Waals surface area contributed by atoms with E-state index < -0.39 is 35.3 Å². The van der Waals surface area contributed by atoms with Gasteiger partial charge in [-0.3, -0.25) is 19.6 Å². The van der Waals surface area contributed by atoms with Crippen molar-refractivity contribution in [1.82, 2.24) is 16.1 Å². The monoisotopic (exact) mass is 413 g/mol. The maximum absolute atomic E-state index is 12.5. The predicted octanol–water partition coefficient (Wildman–Crippen LogP) is -1.12. The van der Waals surface area contributed by atoms with Crippen molar-refractivity contribution in [2.24, 2.45) is 17.3 Å². The van der Waals surface area contributed by atoms with Crippen molar-refractivity contribution in [3.05, 3.63) is 0 Å². The average Bonchev–Trinajstić information content (AvgIpc) is 2.46. The summed E-state index contributed by atoms with van der Waals surface area (Å²) < 4.78 is 0. The summed E-state index contributed by atoms with van der Waals surface area (Å²) in [7, 11) is 1.47. The second-order valence-electron chi connectivity index (χ2n) is 7.08. The van der Waals surface area contributed by atoms with Crippen LogP contribution in [-0.2, 0) is 14.4 Å². The SMILES string of the molecule is CNC(=O)[C@@H](NC(=O)[C@H](CC(C)C)[C@H](O)C(=O)NO)C(C)(C)C.[SeH2]. The van der Waals surface area contributed by atoms with Crippen LogP contribution in [0.4, 0.5) is 0 Å². The van der Waals surface area contributed by atoms with Gasteiger partial charge in [-0.05, 0) is 17.8 Å². The number of carbonyl (C=O) groups excluding carboxylic acids is 3. The van der Waals surface area contributed by atoms with Crippen LogP contribution in [0.2, 0.25) is 0 Å². The van der Waals surface area contributed by atoms with E-state index in [0.717, 1.165) is 0 Å². The third-order valence-corrected chi connectivity index (χ3v) is 3.48. The van der Waals surface area contributed by atoms with Crippen LogP contribution < -0.4 is 16.1 Å². The van der Waals surface area contributed by atoms with Gasteiger partial charge < -0.3 is 15.7 Å². The Morgan fingerprint density at radius 3 is 1.88 bits per heavy atom. The molecule has 0 heterocycles. The zero-order chi connectivity index (χ0) is 18.4. The van der Waals surface area contributed by atoms with E-state index in [4.69, 9.17) is 5.21 Å². The summed E-state index contributed by atoms with van der Waals surface area (Å²) in [5.41, 5.74) is 0.789. The first kappa shape index (κ1) is 25.1. The molecule has 3 amide bonds. The van der Waals surface area contributed by atoms with Gasteiger partial charge in [-0.1, -0.05) is 34.6 Å². The molecular formula is C15H31N3O5Se. The summed E-state index contributed by atoms with van der Waals surface area (Å²) in [6, 6.07) is -0.820. The van der Waals surface area contributed by atoms with Crippen LogP contribution in [0.5, 0.6) is 0 Å². The van der Waals surface area contributed by atoms with Crippen molar-refractivity contribution >= 4 is 34.8 Å². The number of rotatable bonds is 7. The van der Waals surface area contributed by atoms with Crippen molar-refractivity contribution in [3.63, 3.8) is 0 Å². The van der Waals surface area contributed by atoms with E-state index in [9.17, 15) is 19.5 Å². The van der Waals surface area contributed by atoms with Gasteiger partial charge in [0.15, 0.2) is 0 Å². The van der Waals surface area contributed by atoms with Gasteiger partial charge >= 0.3 is 17.1 Å². The molecule has 0 aromatic heterocycles. The topological polar surface area (TPSA) is 128 Å². The van der Waals surface area contributed by atoms with Crippen LogP contribution in [0.15, 0.2) is 0 Å². The Balaban J connectivity index is 0. The second-order valence-corrected chi connectivity index (χ2v) is 7.08. The molecule has 0 saturated heterocycles. The molecule has 0 aliphatic rings. The average molecular weight is 412 g/mol. The van der Waals surface area contributed by atoms with Gasteiger partial charge in [0.05, 0.1) is 5.92 Å². The van der Waals surface area contributed by atoms with Crippen molar-refractivity contribution in [3.8, 4) is 0 Å². The summed E-state index contributed by atoms with van der Waals surface area (Å²) in [6.07, 6.45) is -1.47. The number of aliphatic hydroxyl groups is 1. The Labute approximate surface area is 153 Å². The Morgan fingerprint density at radius 2 is 1.54 bits per heavy atom. The molecule has 0 aliphatic carbocycles. The Morgan fingerprint density at radius 1 is 1.04 bits per heavy atom. The number of likely N-dealkylation sites (N-methyl/N-ethyl adjacent to an activating group) is 1. The van der Waals surface area contributed by atoms with Gasteiger partial charge in [0.25, 0.3) is 5.91 Å². The van der Waals surface area contributed by atoms with Crippen molar-refractivity contribution in [2.75, 3.05) is 7.05 Å². The number of hydroxylamine groups is 1. The molecule has 0 unspecified atom stereocenters. The number of aliphatic hydroxyl groups excluding tert-OH is 1. The minimum absolute atomic E-state index is 0. The molecule has 0 radical (unpaired) electrons. The summed E-state index contributed by atoms with van der Waals surface area (Å²) >= 11 is 0. The molecule has 0 saturated carbocycles. The molecule has 3 atom stereocenters. The molecular weight excluding hydrogens is 381 g/mol. The first-order valence-electron chi connectivity index (χ1n) is 7.59. The maximum atomic E-state index is 12.5. The second kappa shape index (κ2) is 10.7. The summed E-state index contributed by atoms with van der Waals surface area (Å²) in [4.78, 5) is 35.9. The number of carbonyl (C=O) groups is 3. The van der Waals surface area contributed by atoms with E-state index in [0.29, 0.717) is 0 Å². The summed E-state index contributed by atoms with van der Waals surface area (Å²) in [5, 5.41) is 23.7. The van der Waals surface area contributed by atoms with Gasteiger partial charge in [0.1, 0.15) is 12.1 Å². The fourth-order valence-corrected chi connectivity index (χ4v) is 2.21. The first-order valence-corrected chi connectivity index (χ1v) is 7.59. The molecule has 142 valence electrons. The quantitative estimate of drug-likeness (QED) is 0.206. The molecule has 24 heavy (non-hydrogen) atoms. The number of hydrogen-bond acceptors (Lipinski definition) is 5. The molecule has 8 nitrogen and oxygen atoms in total. The molecule has 0 aliphatic heterocycles. The Hall–Kier alpha value is -1.15.